The van der Waals surface area contributed by atoms with Gasteiger partial charge in [0.05, 0.1) is 5.39 Å². The van der Waals surface area contributed by atoms with Gasteiger partial charge in [-0.2, -0.15) is 0 Å². The van der Waals surface area contributed by atoms with Crippen molar-refractivity contribution in [3.8, 4) is 16.8 Å². The molecule has 0 bridgehead atoms. The second-order valence-electron chi connectivity index (χ2n) is 6.64. The Morgan fingerprint density at radius 2 is 1.67 bits per heavy atom. The highest BCUT2D eigenvalue weighted by Gasteiger charge is 2.14. The first-order valence-corrected chi connectivity index (χ1v) is 9.25. The van der Waals surface area contributed by atoms with Crippen LogP contribution in [-0.2, 0) is 13.0 Å². The number of aromatic nitrogens is 1. The Morgan fingerprint density at radius 1 is 0.889 bits per heavy atom. The van der Waals surface area contributed by atoms with Crippen molar-refractivity contribution in [3.63, 3.8) is 0 Å². The van der Waals surface area contributed by atoms with Crippen LogP contribution in [-0.4, -0.2) is 4.57 Å². The molecule has 134 valence electrons. The average Bonchev–Trinajstić information content (AvgIpc) is 2.73. The molecule has 2 N–H and O–H groups in total. The molecule has 0 saturated carbocycles. The lowest BCUT2D eigenvalue weighted by molar-refractivity contribution is 0.889. The molecule has 0 saturated heterocycles. The lowest BCUT2D eigenvalue weighted by Crippen LogP contribution is -2.22. The zero-order valence-corrected chi connectivity index (χ0v) is 15.4. The minimum Gasteiger partial charge on any atom is -0.326 e. The number of hydrogen-bond donors (Lipinski definition) is 1. The number of para-hydroxylation sites is 1. The van der Waals surface area contributed by atoms with Crippen molar-refractivity contribution in [2.24, 2.45) is 5.73 Å². The van der Waals surface area contributed by atoms with Crippen LogP contribution in [0.5, 0.6) is 0 Å². The summed E-state index contributed by atoms with van der Waals surface area (Å²) in [6.07, 6.45) is 0.785. The summed E-state index contributed by atoms with van der Waals surface area (Å²) in [7, 11) is 0. The van der Waals surface area contributed by atoms with Crippen LogP contribution in [0, 0.1) is 0 Å². The van der Waals surface area contributed by atoms with E-state index in [1.54, 1.807) is 0 Å². The third-order valence-electron chi connectivity index (χ3n) is 4.97. The standard InChI is InChI=1S/C24H22N2O/c1-2-20-15-19-10-7-13-22(18-9-6-8-17(14-18)16-25)23(19)24(27)26(20)21-11-4-3-5-12-21/h3-15H,2,16,25H2,1H3. The smallest absolute Gasteiger partial charge is 0.263 e. The van der Waals surface area contributed by atoms with Crippen LogP contribution < -0.4 is 11.3 Å². The fourth-order valence-corrected chi connectivity index (χ4v) is 3.64. The molecule has 0 atom stereocenters. The van der Waals surface area contributed by atoms with E-state index >= 15 is 0 Å². The topological polar surface area (TPSA) is 48.0 Å². The van der Waals surface area contributed by atoms with Gasteiger partial charge in [0.15, 0.2) is 0 Å². The van der Waals surface area contributed by atoms with Gasteiger partial charge in [0.25, 0.3) is 5.56 Å². The number of pyridine rings is 1. The molecule has 3 nitrogen and oxygen atoms in total. The summed E-state index contributed by atoms with van der Waals surface area (Å²) in [5, 5.41) is 1.72. The SMILES string of the molecule is CCc1cc2cccc(-c3cccc(CN)c3)c2c(=O)n1-c1ccccc1. The maximum atomic E-state index is 13.6. The molecule has 0 aliphatic carbocycles. The van der Waals surface area contributed by atoms with Gasteiger partial charge >= 0.3 is 0 Å². The summed E-state index contributed by atoms with van der Waals surface area (Å²) in [6, 6.07) is 26.1. The molecule has 0 radical (unpaired) electrons. The molecule has 0 amide bonds. The summed E-state index contributed by atoms with van der Waals surface area (Å²) >= 11 is 0. The van der Waals surface area contributed by atoms with Gasteiger partial charge in [-0.1, -0.05) is 61.5 Å². The average molecular weight is 354 g/mol. The van der Waals surface area contributed by atoms with Crippen molar-refractivity contribution < 1.29 is 0 Å². The van der Waals surface area contributed by atoms with Gasteiger partial charge in [0.2, 0.25) is 0 Å². The van der Waals surface area contributed by atoms with Crippen LogP contribution in [0.3, 0.4) is 0 Å². The van der Waals surface area contributed by atoms with Gasteiger partial charge in [0, 0.05) is 17.9 Å². The minimum atomic E-state index is 0.0179. The highest BCUT2D eigenvalue weighted by Crippen LogP contribution is 2.28. The summed E-state index contributed by atoms with van der Waals surface area (Å²) in [4.78, 5) is 13.6. The van der Waals surface area contributed by atoms with E-state index in [1.807, 2.05) is 71.3 Å². The Labute approximate surface area is 158 Å². The fraction of sp³-hybridized carbons (Fsp3) is 0.125. The van der Waals surface area contributed by atoms with E-state index in [-0.39, 0.29) is 5.56 Å². The van der Waals surface area contributed by atoms with E-state index < -0.39 is 0 Å². The zero-order valence-electron chi connectivity index (χ0n) is 15.4. The molecule has 4 aromatic rings. The summed E-state index contributed by atoms with van der Waals surface area (Å²) < 4.78 is 1.83. The fourth-order valence-electron chi connectivity index (χ4n) is 3.64. The molecule has 0 unspecified atom stereocenters. The van der Waals surface area contributed by atoms with Gasteiger partial charge < -0.3 is 5.73 Å². The Hall–Kier alpha value is -3.17. The Balaban J connectivity index is 2.07. The van der Waals surface area contributed by atoms with Gasteiger partial charge in [-0.15, -0.1) is 0 Å². The summed E-state index contributed by atoms with van der Waals surface area (Å²) in [6.45, 7) is 2.56. The van der Waals surface area contributed by atoms with Crippen LogP contribution in [0.1, 0.15) is 18.2 Å². The lowest BCUT2D eigenvalue weighted by Gasteiger charge is -2.15. The quantitative estimate of drug-likeness (QED) is 0.578. The van der Waals surface area contributed by atoms with Crippen LogP contribution in [0.15, 0.2) is 83.7 Å². The molecule has 0 aliphatic heterocycles. The predicted molar refractivity (Wildman–Crippen MR) is 112 cm³/mol. The molecule has 1 aromatic heterocycles. The van der Waals surface area contributed by atoms with E-state index in [4.69, 9.17) is 5.73 Å². The first kappa shape index (κ1) is 17.3. The van der Waals surface area contributed by atoms with Crippen molar-refractivity contribution in [2.45, 2.75) is 19.9 Å². The zero-order chi connectivity index (χ0) is 18.8. The molecule has 0 fully saturated rings. The number of nitrogens with zero attached hydrogens (tertiary/aromatic N) is 1. The third kappa shape index (κ3) is 3.07. The van der Waals surface area contributed by atoms with E-state index in [0.29, 0.717) is 6.54 Å². The van der Waals surface area contributed by atoms with E-state index in [0.717, 1.165) is 45.3 Å². The van der Waals surface area contributed by atoms with Crippen molar-refractivity contribution >= 4 is 10.8 Å². The summed E-state index contributed by atoms with van der Waals surface area (Å²) in [5.41, 5.74) is 10.7. The molecular weight excluding hydrogens is 332 g/mol. The third-order valence-corrected chi connectivity index (χ3v) is 4.97. The van der Waals surface area contributed by atoms with E-state index in [2.05, 4.69) is 19.1 Å². The van der Waals surface area contributed by atoms with Crippen molar-refractivity contribution in [1.29, 1.82) is 0 Å². The highest BCUT2D eigenvalue weighted by atomic mass is 16.1. The molecule has 0 spiro atoms. The van der Waals surface area contributed by atoms with Crippen molar-refractivity contribution in [3.05, 3.63) is 100 Å². The van der Waals surface area contributed by atoms with Gasteiger partial charge in [-0.25, -0.2) is 0 Å². The van der Waals surface area contributed by atoms with Crippen LogP contribution in [0.25, 0.3) is 27.6 Å². The van der Waals surface area contributed by atoms with E-state index in [1.165, 1.54) is 0 Å². The van der Waals surface area contributed by atoms with Crippen LogP contribution in [0.2, 0.25) is 0 Å². The maximum absolute atomic E-state index is 13.6. The monoisotopic (exact) mass is 354 g/mol. The highest BCUT2D eigenvalue weighted by molar-refractivity contribution is 5.96. The number of rotatable bonds is 4. The molecule has 1 heterocycles. The first-order chi connectivity index (χ1) is 13.2. The van der Waals surface area contributed by atoms with Crippen molar-refractivity contribution in [1.82, 2.24) is 4.57 Å². The summed E-state index contributed by atoms with van der Waals surface area (Å²) in [5.74, 6) is 0. The Morgan fingerprint density at radius 3 is 2.41 bits per heavy atom. The van der Waals surface area contributed by atoms with Crippen LogP contribution in [0.4, 0.5) is 0 Å². The number of hydrogen-bond acceptors (Lipinski definition) is 2. The first-order valence-electron chi connectivity index (χ1n) is 9.25. The molecular formula is C24H22N2O. The Kier molecular flexibility index (Phi) is 4.61. The van der Waals surface area contributed by atoms with Crippen molar-refractivity contribution in [2.75, 3.05) is 0 Å². The van der Waals surface area contributed by atoms with E-state index in [9.17, 15) is 4.79 Å². The number of aryl methyl sites for hydroxylation is 1. The maximum Gasteiger partial charge on any atom is 0.263 e. The molecule has 3 heteroatoms. The normalized spacial score (nSPS) is 11.0. The minimum absolute atomic E-state index is 0.0179. The Bertz CT molecular complexity index is 1160. The van der Waals surface area contributed by atoms with Gasteiger partial charge in [-0.3, -0.25) is 9.36 Å². The molecule has 0 aliphatic rings. The van der Waals surface area contributed by atoms with Gasteiger partial charge in [0.1, 0.15) is 0 Å². The van der Waals surface area contributed by atoms with Crippen LogP contribution >= 0.6 is 0 Å². The molecule has 27 heavy (non-hydrogen) atoms. The number of benzene rings is 3. The second kappa shape index (κ2) is 7.22. The molecule has 3 aromatic carbocycles. The van der Waals surface area contributed by atoms with Gasteiger partial charge in [-0.05, 0) is 52.8 Å². The predicted octanol–water partition coefficient (Wildman–Crippen LogP) is 4.68. The molecule has 4 rings (SSSR count). The second-order valence-corrected chi connectivity index (χ2v) is 6.64. The largest absolute Gasteiger partial charge is 0.326 e. The lowest BCUT2D eigenvalue weighted by atomic mass is 9.97. The number of fused-ring (bicyclic) bond motifs is 1. The number of nitrogens with two attached hydrogens (primary N) is 1.